The highest BCUT2D eigenvalue weighted by atomic mass is 16.6. The molecule has 0 spiro atoms. The number of hydrogen-bond acceptors (Lipinski definition) is 6. The van der Waals surface area contributed by atoms with Crippen LogP contribution in [0.15, 0.2) is 47.5 Å². The summed E-state index contributed by atoms with van der Waals surface area (Å²) in [5.74, 6) is 3.94. The predicted octanol–water partition coefficient (Wildman–Crippen LogP) is 1.46. The summed E-state index contributed by atoms with van der Waals surface area (Å²) in [6.45, 7) is -0.0530. The molecule has 1 heterocycles. The van der Waals surface area contributed by atoms with Crippen molar-refractivity contribution in [3.05, 3.63) is 69.3 Å². The van der Waals surface area contributed by atoms with Gasteiger partial charge in [0, 0.05) is 37.2 Å². The van der Waals surface area contributed by atoms with Crippen LogP contribution in [0.4, 0.5) is 11.4 Å². The topological polar surface area (TPSA) is 185 Å². The molecule has 12 heteroatoms. The third-order valence-electron chi connectivity index (χ3n) is 5.48. The highest BCUT2D eigenvalue weighted by Gasteiger charge is 2.32. The van der Waals surface area contributed by atoms with E-state index in [1.807, 2.05) is 0 Å². The van der Waals surface area contributed by atoms with Crippen molar-refractivity contribution in [2.24, 2.45) is 16.5 Å². The summed E-state index contributed by atoms with van der Waals surface area (Å²) in [4.78, 5) is 54.8. The maximum atomic E-state index is 13.3. The molecular weight excluding hydrogens is 480 g/mol. The van der Waals surface area contributed by atoms with Gasteiger partial charge in [0.2, 0.25) is 5.91 Å². The molecule has 0 saturated heterocycles. The summed E-state index contributed by atoms with van der Waals surface area (Å²) < 4.78 is 0. The number of nitro benzene ring substituents is 1. The molecule has 37 heavy (non-hydrogen) atoms. The number of nitrogens with two attached hydrogens (primary N) is 2. The lowest BCUT2D eigenvalue weighted by molar-refractivity contribution is -0.384. The van der Waals surface area contributed by atoms with Crippen LogP contribution in [0, 0.1) is 22.0 Å². The molecular formula is C25H26N6O6. The van der Waals surface area contributed by atoms with Crippen molar-refractivity contribution in [2.75, 3.05) is 24.5 Å². The quantitative estimate of drug-likeness (QED) is 0.114. The first-order valence-corrected chi connectivity index (χ1v) is 11.4. The van der Waals surface area contributed by atoms with Crippen LogP contribution >= 0.6 is 0 Å². The van der Waals surface area contributed by atoms with Crippen molar-refractivity contribution in [1.82, 2.24) is 4.90 Å². The smallest absolute Gasteiger partial charge is 0.305 e. The second-order valence-electron chi connectivity index (χ2n) is 8.22. The number of hydrogen-bond donors (Lipinski definition) is 3. The number of unbranched alkanes of at least 4 members (excludes halogenated alkanes) is 1. The zero-order valence-electron chi connectivity index (χ0n) is 19.9. The largest absolute Gasteiger partial charge is 0.481 e. The second-order valence-corrected chi connectivity index (χ2v) is 8.22. The van der Waals surface area contributed by atoms with E-state index in [1.165, 1.54) is 28.0 Å². The molecule has 0 unspecified atom stereocenters. The Bertz CT molecular complexity index is 1310. The number of fused-ring (bicyclic) bond motifs is 1. The first-order chi connectivity index (χ1) is 17.7. The molecule has 0 radical (unpaired) electrons. The Morgan fingerprint density at radius 3 is 2.68 bits per heavy atom. The Hall–Kier alpha value is -4.92. The Morgan fingerprint density at radius 1 is 1.19 bits per heavy atom. The van der Waals surface area contributed by atoms with Crippen LogP contribution in [0.5, 0.6) is 0 Å². The van der Waals surface area contributed by atoms with Crippen LogP contribution in [0.1, 0.15) is 40.7 Å². The average Bonchev–Trinajstić information content (AvgIpc) is 2.95. The molecule has 5 N–H and O–H groups in total. The fraction of sp³-hybridized carbons (Fsp3) is 0.280. The summed E-state index contributed by atoms with van der Waals surface area (Å²) in [6.07, 6.45) is 0.835. The van der Waals surface area contributed by atoms with Crippen molar-refractivity contribution >= 4 is 35.1 Å². The molecule has 0 fully saturated rings. The van der Waals surface area contributed by atoms with E-state index in [9.17, 15) is 24.5 Å². The first-order valence-electron chi connectivity index (χ1n) is 11.4. The Labute approximate surface area is 212 Å². The van der Waals surface area contributed by atoms with Gasteiger partial charge in [-0.15, -0.1) is 0 Å². The Kier molecular flexibility index (Phi) is 8.77. The molecule has 0 aromatic heterocycles. The highest BCUT2D eigenvalue weighted by molar-refractivity contribution is 6.09. The van der Waals surface area contributed by atoms with Crippen LogP contribution in [-0.4, -0.2) is 58.3 Å². The molecule has 0 saturated carbocycles. The third-order valence-corrected chi connectivity index (χ3v) is 5.48. The number of nitrogens with zero attached hydrogens (tertiary/aromatic N) is 4. The van der Waals surface area contributed by atoms with E-state index in [4.69, 9.17) is 16.6 Å². The SMILES string of the molecule is NC(N)=NCCCC#Cc1ccc2c(c1)C(=O)N(CCC(=O)O)CC(=O)N2Cc1cccc([N+](=O)[O-])c1. The molecule has 1 aliphatic heterocycles. The van der Waals surface area contributed by atoms with Gasteiger partial charge in [0.25, 0.3) is 11.6 Å². The monoisotopic (exact) mass is 506 g/mol. The average molecular weight is 507 g/mol. The van der Waals surface area contributed by atoms with E-state index < -0.39 is 22.7 Å². The lowest BCUT2D eigenvalue weighted by Crippen LogP contribution is -2.40. The zero-order valence-corrected chi connectivity index (χ0v) is 19.9. The summed E-state index contributed by atoms with van der Waals surface area (Å²) in [5.41, 5.74) is 12.0. The summed E-state index contributed by atoms with van der Waals surface area (Å²) in [6, 6.07) is 10.7. The van der Waals surface area contributed by atoms with Gasteiger partial charge in [-0.2, -0.15) is 0 Å². The summed E-state index contributed by atoms with van der Waals surface area (Å²) in [7, 11) is 0. The summed E-state index contributed by atoms with van der Waals surface area (Å²) in [5, 5.41) is 20.3. The normalized spacial score (nSPS) is 12.8. The maximum Gasteiger partial charge on any atom is 0.305 e. The minimum Gasteiger partial charge on any atom is -0.481 e. The number of aliphatic carboxylic acids is 1. The van der Waals surface area contributed by atoms with E-state index >= 15 is 0 Å². The second kappa shape index (κ2) is 12.2. The van der Waals surface area contributed by atoms with Crippen LogP contribution < -0.4 is 16.4 Å². The van der Waals surface area contributed by atoms with Gasteiger partial charge in [0.05, 0.1) is 29.1 Å². The lowest BCUT2D eigenvalue weighted by Gasteiger charge is -2.23. The Morgan fingerprint density at radius 2 is 1.97 bits per heavy atom. The van der Waals surface area contributed by atoms with Crippen LogP contribution in [0.25, 0.3) is 0 Å². The molecule has 0 aliphatic carbocycles. The number of aliphatic imine (C=N–C) groups is 1. The minimum absolute atomic E-state index is 0.00823. The van der Waals surface area contributed by atoms with Gasteiger partial charge in [0.15, 0.2) is 5.96 Å². The van der Waals surface area contributed by atoms with Crippen molar-refractivity contribution in [1.29, 1.82) is 0 Å². The van der Waals surface area contributed by atoms with Gasteiger partial charge in [-0.1, -0.05) is 24.0 Å². The van der Waals surface area contributed by atoms with Crippen LogP contribution in [0.3, 0.4) is 0 Å². The number of carboxylic acids is 1. The number of carboxylic acid groups (broad SMARTS) is 1. The number of benzene rings is 2. The fourth-order valence-corrected chi connectivity index (χ4v) is 3.72. The van der Waals surface area contributed by atoms with Gasteiger partial charge in [-0.05, 0) is 30.2 Å². The number of rotatable bonds is 9. The van der Waals surface area contributed by atoms with Gasteiger partial charge in [0.1, 0.15) is 6.54 Å². The number of amides is 2. The van der Waals surface area contributed by atoms with Crippen molar-refractivity contribution in [2.45, 2.75) is 25.8 Å². The van der Waals surface area contributed by atoms with E-state index in [0.29, 0.717) is 36.2 Å². The Balaban J connectivity index is 1.94. The van der Waals surface area contributed by atoms with Crippen molar-refractivity contribution in [3.8, 4) is 11.8 Å². The standard InChI is InChI=1S/C25H26N6O6/c26-25(27)28-11-3-1-2-5-17-8-9-21-20(14-17)24(35)29(12-10-23(33)34)16-22(32)30(21)15-18-6-4-7-19(13-18)31(36)37/h4,6-9,13-14H,1,3,10-12,15-16H2,(H,33,34)(H4,26,27,28). The van der Waals surface area contributed by atoms with Gasteiger partial charge in [-0.3, -0.25) is 29.5 Å². The number of carbonyl (C=O) groups excluding carboxylic acids is 2. The van der Waals surface area contributed by atoms with E-state index in [2.05, 4.69) is 16.8 Å². The maximum absolute atomic E-state index is 13.3. The van der Waals surface area contributed by atoms with Crippen LogP contribution in [0.2, 0.25) is 0 Å². The number of nitro groups is 1. The molecule has 2 aromatic rings. The number of guanidine groups is 1. The predicted molar refractivity (Wildman–Crippen MR) is 136 cm³/mol. The third kappa shape index (κ3) is 7.28. The van der Waals surface area contributed by atoms with Crippen molar-refractivity contribution in [3.63, 3.8) is 0 Å². The minimum atomic E-state index is -1.10. The van der Waals surface area contributed by atoms with E-state index in [-0.39, 0.29) is 43.3 Å². The molecule has 12 nitrogen and oxygen atoms in total. The van der Waals surface area contributed by atoms with E-state index in [1.54, 1.807) is 24.3 Å². The number of non-ortho nitro benzene ring substituents is 1. The highest BCUT2D eigenvalue weighted by Crippen LogP contribution is 2.29. The fourth-order valence-electron chi connectivity index (χ4n) is 3.72. The summed E-state index contributed by atoms with van der Waals surface area (Å²) >= 11 is 0. The number of anilines is 1. The van der Waals surface area contributed by atoms with E-state index in [0.717, 1.165) is 0 Å². The molecule has 1 aliphatic rings. The molecule has 2 aromatic carbocycles. The van der Waals surface area contributed by atoms with Crippen molar-refractivity contribution < 1.29 is 24.4 Å². The molecule has 2 amide bonds. The molecule has 0 atom stereocenters. The molecule has 0 bridgehead atoms. The zero-order chi connectivity index (χ0) is 26.9. The van der Waals surface area contributed by atoms with Gasteiger partial charge < -0.3 is 26.4 Å². The molecule has 192 valence electrons. The lowest BCUT2D eigenvalue weighted by atomic mass is 10.1. The number of carbonyl (C=O) groups is 3. The first kappa shape index (κ1) is 26.7. The van der Waals surface area contributed by atoms with Gasteiger partial charge in [-0.25, -0.2) is 0 Å². The van der Waals surface area contributed by atoms with Gasteiger partial charge >= 0.3 is 5.97 Å². The van der Waals surface area contributed by atoms with Crippen LogP contribution in [-0.2, 0) is 16.1 Å². The molecule has 3 rings (SSSR count).